The van der Waals surface area contributed by atoms with Gasteiger partial charge in [-0.3, -0.25) is 9.78 Å². The highest BCUT2D eigenvalue weighted by molar-refractivity contribution is 7.18. The van der Waals surface area contributed by atoms with E-state index in [2.05, 4.69) is 14.7 Å². The number of aromatic nitrogens is 2. The number of rotatable bonds is 3. The number of Topliss-reactive ketones (excluding diaryl/α,β-unsaturated/α-hetero) is 1. The van der Waals surface area contributed by atoms with Gasteiger partial charge in [-0.05, 0) is 17.5 Å². The van der Waals surface area contributed by atoms with Crippen LogP contribution in [0.2, 0.25) is 0 Å². The van der Waals surface area contributed by atoms with E-state index in [1.807, 2.05) is 17.5 Å². The number of esters is 1. The topological polar surface area (TPSA) is 69.2 Å². The van der Waals surface area contributed by atoms with Crippen molar-refractivity contribution in [3.05, 3.63) is 34.3 Å². The second kappa shape index (κ2) is 5.34. The molecular formula is C14H10N2O3S2. The maximum atomic E-state index is 11.7. The number of ether oxygens (including phenoxy) is 1. The van der Waals surface area contributed by atoms with E-state index in [0.29, 0.717) is 9.88 Å². The molecule has 0 saturated carbocycles. The standard InChI is InChI=1S/C14H10N2O3S2/c1-7(17)12-11(14(18)19-2)16-13(21-12)8-5-10-9(15-6-8)3-4-20-10/h3-6H,1-2H3. The number of methoxy groups -OCH3 is 1. The lowest BCUT2D eigenvalue weighted by molar-refractivity contribution is 0.0591. The van der Waals surface area contributed by atoms with E-state index in [1.165, 1.54) is 25.4 Å². The van der Waals surface area contributed by atoms with Crippen molar-refractivity contribution in [2.24, 2.45) is 0 Å². The normalized spacial score (nSPS) is 10.8. The van der Waals surface area contributed by atoms with Crippen LogP contribution in [0.4, 0.5) is 0 Å². The van der Waals surface area contributed by atoms with Gasteiger partial charge in [0, 0.05) is 18.7 Å². The van der Waals surface area contributed by atoms with E-state index in [0.717, 1.165) is 15.8 Å². The van der Waals surface area contributed by atoms with Gasteiger partial charge in [-0.2, -0.15) is 0 Å². The Labute approximate surface area is 128 Å². The Morgan fingerprint density at radius 1 is 1.33 bits per heavy atom. The van der Waals surface area contributed by atoms with Crippen molar-refractivity contribution in [1.82, 2.24) is 9.97 Å². The zero-order valence-corrected chi connectivity index (χ0v) is 12.9. The first-order valence-electron chi connectivity index (χ1n) is 6.04. The Morgan fingerprint density at radius 2 is 2.14 bits per heavy atom. The molecule has 0 amide bonds. The predicted molar refractivity (Wildman–Crippen MR) is 82.1 cm³/mol. The van der Waals surface area contributed by atoms with Gasteiger partial charge in [0.25, 0.3) is 0 Å². The predicted octanol–water partition coefficient (Wildman–Crippen LogP) is 3.41. The molecule has 0 aliphatic heterocycles. The molecule has 0 aliphatic rings. The van der Waals surface area contributed by atoms with Crippen LogP contribution in [-0.2, 0) is 4.74 Å². The summed E-state index contributed by atoms with van der Waals surface area (Å²) in [6.07, 6.45) is 1.69. The summed E-state index contributed by atoms with van der Waals surface area (Å²) < 4.78 is 5.71. The molecule has 0 unspecified atom stereocenters. The van der Waals surface area contributed by atoms with Gasteiger partial charge >= 0.3 is 5.97 Å². The number of carbonyl (C=O) groups excluding carboxylic acids is 2. The van der Waals surface area contributed by atoms with E-state index in [1.54, 1.807) is 17.5 Å². The van der Waals surface area contributed by atoms with E-state index in [-0.39, 0.29) is 11.5 Å². The van der Waals surface area contributed by atoms with Crippen LogP contribution in [0, 0.1) is 0 Å². The summed E-state index contributed by atoms with van der Waals surface area (Å²) in [4.78, 5) is 32.3. The molecule has 106 valence electrons. The van der Waals surface area contributed by atoms with Crippen molar-refractivity contribution in [2.75, 3.05) is 7.11 Å². The number of carbonyl (C=O) groups is 2. The second-order valence-corrected chi connectivity index (χ2v) is 6.22. The molecule has 3 aromatic rings. The van der Waals surface area contributed by atoms with Gasteiger partial charge in [-0.1, -0.05) is 0 Å². The Hall–Kier alpha value is -2.12. The summed E-state index contributed by atoms with van der Waals surface area (Å²) in [5.74, 6) is -0.808. The fraction of sp³-hybridized carbons (Fsp3) is 0.143. The Bertz CT molecular complexity index is 851. The summed E-state index contributed by atoms with van der Waals surface area (Å²) >= 11 is 2.76. The first-order valence-corrected chi connectivity index (χ1v) is 7.73. The number of thiophene rings is 1. The molecule has 0 fully saturated rings. The van der Waals surface area contributed by atoms with E-state index >= 15 is 0 Å². The number of pyridine rings is 1. The van der Waals surface area contributed by atoms with Gasteiger partial charge in [0.15, 0.2) is 11.5 Å². The number of fused-ring (bicyclic) bond motifs is 1. The van der Waals surface area contributed by atoms with Crippen molar-refractivity contribution in [1.29, 1.82) is 0 Å². The van der Waals surface area contributed by atoms with Crippen LogP contribution in [0.15, 0.2) is 23.7 Å². The summed E-state index contributed by atoms with van der Waals surface area (Å²) in [6.45, 7) is 1.41. The molecule has 3 aromatic heterocycles. The third kappa shape index (κ3) is 2.45. The summed E-state index contributed by atoms with van der Waals surface area (Å²) in [7, 11) is 1.27. The number of hydrogen-bond acceptors (Lipinski definition) is 7. The van der Waals surface area contributed by atoms with Crippen molar-refractivity contribution in [3.8, 4) is 10.6 Å². The SMILES string of the molecule is COC(=O)c1nc(-c2cnc3ccsc3c2)sc1C(C)=O. The number of nitrogens with zero attached hydrogens (tertiary/aromatic N) is 2. The van der Waals surface area contributed by atoms with Gasteiger partial charge in [0.05, 0.1) is 17.3 Å². The van der Waals surface area contributed by atoms with Gasteiger partial charge in [-0.15, -0.1) is 22.7 Å². The molecule has 5 nitrogen and oxygen atoms in total. The van der Waals surface area contributed by atoms with Crippen molar-refractivity contribution >= 4 is 44.6 Å². The lowest BCUT2D eigenvalue weighted by atomic mass is 10.2. The third-order valence-corrected chi connectivity index (χ3v) is 4.93. The molecule has 0 spiro atoms. The van der Waals surface area contributed by atoms with Crippen LogP contribution < -0.4 is 0 Å². The van der Waals surface area contributed by atoms with E-state index in [9.17, 15) is 9.59 Å². The monoisotopic (exact) mass is 318 g/mol. The Morgan fingerprint density at radius 3 is 2.86 bits per heavy atom. The molecule has 0 aromatic carbocycles. The molecule has 21 heavy (non-hydrogen) atoms. The molecule has 0 atom stereocenters. The molecule has 0 saturated heterocycles. The molecule has 7 heteroatoms. The van der Waals surface area contributed by atoms with Gasteiger partial charge < -0.3 is 4.74 Å². The summed E-state index contributed by atoms with van der Waals surface area (Å²) in [5.41, 5.74) is 1.77. The highest BCUT2D eigenvalue weighted by Crippen LogP contribution is 2.31. The zero-order chi connectivity index (χ0) is 15.0. The highest BCUT2D eigenvalue weighted by Gasteiger charge is 2.22. The fourth-order valence-electron chi connectivity index (χ4n) is 1.88. The van der Waals surface area contributed by atoms with Crippen molar-refractivity contribution < 1.29 is 14.3 Å². The van der Waals surface area contributed by atoms with E-state index in [4.69, 9.17) is 0 Å². The molecule has 3 rings (SSSR count). The smallest absolute Gasteiger partial charge is 0.358 e. The molecule has 0 radical (unpaired) electrons. The van der Waals surface area contributed by atoms with Crippen molar-refractivity contribution in [3.63, 3.8) is 0 Å². The Balaban J connectivity index is 2.13. The fourth-order valence-corrected chi connectivity index (χ4v) is 3.59. The Kier molecular flexibility index (Phi) is 3.52. The van der Waals surface area contributed by atoms with Crippen LogP contribution in [0.3, 0.4) is 0 Å². The maximum Gasteiger partial charge on any atom is 0.358 e. The first-order chi connectivity index (χ1) is 10.1. The number of hydrogen-bond donors (Lipinski definition) is 0. The van der Waals surface area contributed by atoms with Crippen LogP contribution in [0.1, 0.15) is 27.1 Å². The molecule has 0 bridgehead atoms. The van der Waals surface area contributed by atoms with Crippen LogP contribution in [0.25, 0.3) is 20.8 Å². The van der Waals surface area contributed by atoms with Crippen LogP contribution in [-0.4, -0.2) is 28.8 Å². The largest absolute Gasteiger partial charge is 0.464 e. The minimum Gasteiger partial charge on any atom is -0.464 e. The van der Waals surface area contributed by atoms with Gasteiger partial charge in [0.1, 0.15) is 9.88 Å². The van der Waals surface area contributed by atoms with Crippen LogP contribution >= 0.6 is 22.7 Å². The average molecular weight is 318 g/mol. The minimum atomic E-state index is -0.604. The van der Waals surface area contributed by atoms with Gasteiger partial charge in [0.2, 0.25) is 0 Å². The summed E-state index contributed by atoms with van der Waals surface area (Å²) in [5, 5.41) is 2.55. The van der Waals surface area contributed by atoms with Gasteiger partial charge in [-0.25, -0.2) is 9.78 Å². The lowest BCUT2D eigenvalue weighted by Gasteiger charge is -1.96. The minimum absolute atomic E-state index is 0.0660. The maximum absolute atomic E-state index is 11.7. The molecule has 0 aliphatic carbocycles. The second-order valence-electron chi connectivity index (χ2n) is 4.27. The average Bonchev–Trinajstić information content (AvgIpc) is 3.11. The zero-order valence-electron chi connectivity index (χ0n) is 11.2. The first kappa shape index (κ1) is 13.8. The van der Waals surface area contributed by atoms with E-state index < -0.39 is 5.97 Å². The number of ketones is 1. The number of thiazole rings is 1. The molecule has 3 heterocycles. The molecule has 0 N–H and O–H groups in total. The third-order valence-electron chi connectivity index (χ3n) is 2.88. The highest BCUT2D eigenvalue weighted by atomic mass is 32.1. The molecular weight excluding hydrogens is 308 g/mol. The quantitative estimate of drug-likeness (QED) is 0.547. The summed E-state index contributed by atoms with van der Waals surface area (Å²) in [6, 6.07) is 3.89. The van der Waals surface area contributed by atoms with Crippen molar-refractivity contribution in [2.45, 2.75) is 6.92 Å². The van der Waals surface area contributed by atoms with Crippen LogP contribution in [0.5, 0.6) is 0 Å². The lowest BCUT2D eigenvalue weighted by Crippen LogP contribution is -2.06.